The predicted molar refractivity (Wildman–Crippen MR) is 80.7 cm³/mol. The molecule has 3 nitrogen and oxygen atoms in total. The van der Waals surface area contributed by atoms with Gasteiger partial charge in [0.05, 0.1) is 12.7 Å². The van der Waals surface area contributed by atoms with Gasteiger partial charge in [-0.1, -0.05) is 25.5 Å². The second kappa shape index (κ2) is 4.78. The summed E-state index contributed by atoms with van der Waals surface area (Å²) >= 11 is 0. The molecule has 4 rings (SSSR count). The third-order valence-corrected chi connectivity index (χ3v) is 7.53. The van der Waals surface area contributed by atoms with Crippen LogP contribution in [0, 0.1) is 28.6 Å². The highest BCUT2D eigenvalue weighted by molar-refractivity contribution is 5.25. The van der Waals surface area contributed by atoms with Crippen molar-refractivity contribution in [1.82, 2.24) is 0 Å². The van der Waals surface area contributed by atoms with Crippen LogP contribution in [0.5, 0.6) is 0 Å². The van der Waals surface area contributed by atoms with E-state index in [1.165, 1.54) is 5.57 Å². The second-order valence-corrected chi connectivity index (χ2v) is 8.47. The van der Waals surface area contributed by atoms with E-state index in [9.17, 15) is 14.6 Å². The Balaban J connectivity index is 1.68. The molecule has 0 aromatic rings. The number of halogens is 1. The van der Waals surface area contributed by atoms with Crippen LogP contribution in [-0.2, 0) is 4.74 Å². The molecule has 124 valence electrons. The third kappa shape index (κ3) is 1.83. The van der Waals surface area contributed by atoms with Gasteiger partial charge in [0.2, 0.25) is 0 Å². The van der Waals surface area contributed by atoms with Crippen LogP contribution in [0.2, 0.25) is 0 Å². The first-order chi connectivity index (χ1) is 10.4. The van der Waals surface area contributed by atoms with E-state index in [0.717, 1.165) is 19.3 Å². The van der Waals surface area contributed by atoms with Crippen molar-refractivity contribution in [1.29, 1.82) is 0 Å². The summed E-state index contributed by atoms with van der Waals surface area (Å²) in [5.74, 6) is 1.18. The Morgan fingerprint density at radius 2 is 2.05 bits per heavy atom. The van der Waals surface area contributed by atoms with Crippen LogP contribution >= 0.6 is 0 Å². The zero-order valence-electron chi connectivity index (χ0n) is 13.5. The van der Waals surface area contributed by atoms with E-state index in [0.29, 0.717) is 31.3 Å². The van der Waals surface area contributed by atoms with Gasteiger partial charge in [0.1, 0.15) is 6.17 Å². The van der Waals surface area contributed by atoms with Crippen LogP contribution < -0.4 is 0 Å². The lowest BCUT2D eigenvalue weighted by atomic mass is 9.50. The molecule has 2 N–H and O–H groups in total. The Morgan fingerprint density at radius 1 is 1.27 bits per heavy atom. The summed E-state index contributed by atoms with van der Waals surface area (Å²) in [6.45, 7) is 4.90. The van der Waals surface area contributed by atoms with Gasteiger partial charge in [0.25, 0.3) is 0 Å². The first kappa shape index (κ1) is 15.1. The first-order valence-corrected chi connectivity index (χ1v) is 8.67. The number of hydrogen-bond donors (Lipinski definition) is 2. The molecule has 3 fully saturated rings. The fourth-order valence-corrected chi connectivity index (χ4v) is 6.13. The molecule has 22 heavy (non-hydrogen) atoms. The molecule has 0 radical (unpaired) electrons. The average molecular weight is 310 g/mol. The number of aliphatic hydroxyl groups is 2. The number of ether oxygens (including phenoxy) is 1. The van der Waals surface area contributed by atoms with Crippen LogP contribution in [-0.4, -0.2) is 35.4 Å². The van der Waals surface area contributed by atoms with Gasteiger partial charge in [-0.15, -0.1) is 0 Å². The van der Waals surface area contributed by atoms with E-state index in [2.05, 4.69) is 19.9 Å². The number of allylic oxidation sites excluding steroid dienone is 1. The van der Waals surface area contributed by atoms with E-state index >= 15 is 0 Å². The molecule has 1 aliphatic heterocycles. The van der Waals surface area contributed by atoms with Crippen LogP contribution in [0.4, 0.5) is 4.39 Å². The van der Waals surface area contributed by atoms with E-state index < -0.39 is 18.6 Å². The number of hydrogen-bond acceptors (Lipinski definition) is 3. The molecule has 1 saturated heterocycles. The molecule has 0 bridgehead atoms. The minimum absolute atomic E-state index is 0.0250. The van der Waals surface area contributed by atoms with E-state index in [1.54, 1.807) is 0 Å². The van der Waals surface area contributed by atoms with Crippen molar-refractivity contribution in [2.75, 3.05) is 6.61 Å². The minimum atomic E-state index is -1.07. The van der Waals surface area contributed by atoms with Gasteiger partial charge >= 0.3 is 0 Å². The molecule has 4 heteroatoms. The number of alkyl halides is 1. The summed E-state index contributed by atoms with van der Waals surface area (Å²) in [6.07, 6.45) is 3.71. The Labute approximate surface area is 131 Å². The molecule has 0 spiro atoms. The maximum Gasteiger partial charge on any atom is 0.158 e. The van der Waals surface area contributed by atoms with E-state index in [4.69, 9.17) is 4.74 Å². The van der Waals surface area contributed by atoms with Crippen LogP contribution in [0.3, 0.4) is 0 Å². The number of rotatable bonds is 0. The lowest BCUT2D eigenvalue weighted by molar-refractivity contribution is -0.168. The van der Waals surface area contributed by atoms with Crippen molar-refractivity contribution in [2.45, 2.75) is 64.5 Å². The normalized spacial score (nSPS) is 57.6. The van der Waals surface area contributed by atoms with E-state index in [-0.39, 0.29) is 16.7 Å². The molecule has 8 atom stereocenters. The standard InChI is InChI=1S/C18H27FO3/c1-17-6-5-12-11(13(17)8-14(19)16(17)21)4-3-10-7-15(20)22-9-18(10,12)2/h3,11-16,20-21H,4-9H2,1-2H3/t11-,12-,13+,14?,15?,16?,17+,18+/m1/s1. The third-order valence-electron chi connectivity index (χ3n) is 7.53. The summed E-state index contributed by atoms with van der Waals surface area (Å²) < 4.78 is 19.7. The van der Waals surface area contributed by atoms with Gasteiger partial charge in [-0.3, -0.25) is 0 Å². The topological polar surface area (TPSA) is 49.7 Å². The molecule has 4 aliphatic rings. The Morgan fingerprint density at radius 3 is 2.82 bits per heavy atom. The fraction of sp³-hybridized carbons (Fsp3) is 0.889. The van der Waals surface area contributed by atoms with Crippen molar-refractivity contribution in [3.8, 4) is 0 Å². The highest BCUT2D eigenvalue weighted by Crippen LogP contribution is 2.63. The van der Waals surface area contributed by atoms with Gasteiger partial charge in [-0.05, 0) is 48.9 Å². The van der Waals surface area contributed by atoms with Crippen molar-refractivity contribution in [3.63, 3.8) is 0 Å². The lowest BCUT2D eigenvalue weighted by Gasteiger charge is -2.57. The first-order valence-electron chi connectivity index (χ1n) is 8.67. The predicted octanol–water partition coefficient (Wildman–Crippen LogP) is 2.81. The van der Waals surface area contributed by atoms with Crippen LogP contribution in [0.25, 0.3) is 0 Å². The molecule has 3 unspecified atom stereocenters. The Bertz CT molecular complexity index is 507. The van der Waals surface area contributed by atoms with Crippen molar-refractivity contribution in [3.05, 3.63) is 11.6 Å². The Hall–Kier alpha value is -0.450. The van der Waals surface area contributed by atoms with Gasteiger partial charge in [0, 0.05) is 11.8 Å². The summed E-state index contributed by atoms with van der Waals surface area (Å²) in [4.78, 5) is 0. The highest BCUT2D eigenvalue weighted by atomic mass is 19.1. The summed E-state index contributed by atoms with van der Waals surface area (Å²) in [6, 6.07) is 0. The molecule has 1 heterocycles. The molecular formula is C18H27FO3. The molecule has 2 saturated carbocycles. The summed E-state index contributed by atoms with van der Waals surface area (Å²) in [5.41, 5.74) is 1.03. The molecule has 0 amide bonds. The maximum atomic E-state index is 14.2. The zero-order chi connectivity index (χ0) is 15.7. The van der Waals surface area contributed by atoms with Crippen LogP contribution in [0.15, 0.2) is 11.6 Å². The monoisotopic (exact) mass is 310 g/mol. The smallest absolute Gasteiger partial charge is 0.158 e. The zero-order valence-corrected chi connectivity index (χ0v) is 13.5. The molecule has 0 aromatic heterocycles. The van der Waals surface area contributed by atoms with Gasteiger partial charge < -0.3 is 14.9 Å². The maximum absolute atomic E-state index is 14.2. The van der Waals surface area contributed by atoms with Crippen molar-refractivity contribution >= 4 is 0 Å². The quantitative estimate of drug-likeness (QED) is 0.677. The van der Waals surface area contributed by atoms with Crippen molar-refractivity contribution < 1.29 is 19.3 Å². The molecule has 3 aliphatic carbocycles. The summed E-state index contributed by atoms with van der Waals surface area (Å²) in [5, 5.41) is 20.1. The number of fused-ring (bicyclic) bond motifs is 5. The lowest BCUT2D eigenvalue weighted by Crippen LogP contribution is -2.53. The fourth-order valence-electron chi connectivity index (χ4n) is 6.13. The SMILES string of the molecule is C[C@]12COC(O)CC1=CC[C@@H]1[C@H]2CC[C@]2(C)C(O)C(F)C[C@@H]12. The highest BCUT2D eigenvalue weighted by Gasteiger charge is 2.61. The van der Waals surface area contributed by atoms with Gasteiger partial charge in [-0.2, -0.15) is 0 Å². The van der Waals surface area contributed by atoms with Crippen molar-refractivity contribution in [2.24, 2.45) is 28.6 Å². The van der Waals surface area contributed by atoms with Gasteiger partial charge in [-0.25, -0.2) is 4.39 Å². The molecule has 0 aromatic carbocycles. The largest absolute Gasteiger partial charge is 0.390 e. The second-order valence-electron chi connectivity index (χ2n) is 8.47. The number of aliphatic hydroxyl groups excluding tert-OH is 2. The minimum Gasteiger partial charge on any atom is -0.390 e. The summed E-state index contributed by atoms with van der Waals surface area (Å²) in [7, 11) is 0. The van der Waals surface area contributed by atoms with Crippen LogP contribution in [0.1, 0.15) is 46.0 Å². The van der Waals surface area contributed by atoms with E-state index in [1.807, 2.05) is 0 Å². The average Bonchev–Trinajstić information content (AvgIpc) is 2.72. The van der Waals surface area contributed by atoms with Gasteiger partial charge in [0.15, 0.2) is 6.29 Å². The Kier molecular flexibility index (Phi) is 3.28. The molecular weight excluding hydrogens is 283 g/mol.